The van der Waals surface area contributed by atoms with Crippen LogP contribution in [-0.4, -0.2) is 22.7 Å². The number of aromatic nitrogens is 2. The van der Waals surface area contributed by atoms with Gasteiger partial charge in [-0.15, -0.1) is 0 Å². The second-order valence-corrected chi connectivity index (χ2v) is 4.62. The average molecular weight is 236 g/mol. The van der Waals surface area contributed by atoms with E-state index >= 15 is 0 Å². The van der Waals surface area contributed by atoms with Crippen LogP contribution in [0.5, 0.6) is 0 Å². The van der Waals surface area contributed by atoms with Crippen molar-refractivity contribution < 1.29 is 4.74 Å². The van der Waals surface area contributed by atoms with Crippen LogP contribution in [-0.2, 0) is 17.6 Å². The van der Waals surface area contributed by atoms with Crippen molar-refractivity contribution in [3.63, 3.8) is 0 Å². The summed E-state index contributed by atoms with van der Waals surface area (Å²) in [6.07, 6.45) is 5.10. The maximum atomic E-state index is 11.8. The number of ether oxygens (including phenoxy) is 1. The first-order chi connectivity index (χ1) is 8.20. The molecule has 17 heavy (non-hydrogen) atoms. The van der Waals surface area contributed by atoms with Gasteiger partial charge in [0, 0.05) is 24.3 Å². The molecule has 0 amide bonds. The maximum absolute atomic E-state index is 11.8. The summed E-state index contributed by atoms with van der Waals surface area (Å²) in [5.74, 6) is 0.761. The second kappa shape index (κ2) is 5.45. The molecule has 0 spiro atoms. The molecule has 0 saturated carbocycles. The van der Waals surface area contributed by atoms with E-state index in [1.165, 1.54) is 6.42 Å². The molecule has 1 N–H and O–H groups in total. The van der Waals surface area contributed by atoms with E-state index in [-0.39, 0.29) is 11.7 Å². The number of nitrogens with one attached hydrogen (secondary N) is 1. The number of hydrogen-bond acceptors (Lipinski definition) is 3. The summed E-state index contributed by atoms with van der Waals surface area (Å²) in [5.41, 5.74) is 1.64. The quantitative estimate of drug-likeness (QED) is 0.870. The van der Waals surface area contributed by atoms with Gasteiger partial charge >= 0.3 is 0 Å². The van der Waals surface area contributed by atoms with Crippen LogP contribution >= 0.6 is 0 Å². The van der Waals surface area contributed by atoms with Crippen molar-refractivity contribution in [1.82, 2.24) is 9.97 Å². The summed E-state index contributed by atoms with van der Waals surface area (Å²) in [4.78, 5) is 19.1. The van der Waals surface area contributed by atoms with Crippen molar-refractivity contribution in [3.05, 3.63) is 27.4 Å². The normalized spacial score (nSPS) is 20.5. The van der Waals surface area contributed by atoms with E-state index in [4.69, 9.17) is 4.74 Å². The van der Waals surface area contributed by atoms with Crippen LogP contribution in [0.15, 0.2) is 4.79 Å². The molecule has 2 heterocycles. The zero-order valence-corrected chi connectivity index (χ0v) is 10.6. The van der Waals surface area contributed by atoms with Crippen LogP contribution in [0.25, 0.3) is 0 Å². The van der Waals surface area contributed by atoms with E-state index in [0.717, 1.165) is 49.4 Å². The SMILES string of the molecule is CCc1c(C)nc(CC2CCCCO2)[nH]c1=O. The molecule has 1 aromatic rings. The Hall–Kier alpha value is -1.16. The third kappa shape index (κ3) is 2.94. The molecule has 1 atom stereocenters. The Bertz CT molecular complexity index is 434. The monoisotopic (exact) mass is 236 g/mol. The molecule has 2 rings (SSSR count). The van der Waals surface area contributed by atoms with Gasteiger partial charge in [0.05, 0.1) is 6.10 Å². The Labute approximate surface area is 101 Å². The second-order valence-electron chi connectivity index (χ2n) is 4.62. The molecule has 1 saturated heterocycles. The number of aromatic amines is 1. The fraction of sp³-hybridized carbons (Fsp3) is 0.692. The van der Waals surface area contributed by atoms with Crippen molar-refractivity contribution >= 4 is 0 Å². The van der Waals surface area contributed by atoms with E-state index in [1.807, 2.05) is 13.8 Å². The van der Waals surface area contributed by atoms with E-state index in [9.17, 15) is 4.79 Å². The van der Waals surface area contributed by atoms with Crippen molar-refractivity contribution in [2.75, 3.05) is 6.61 Å². The van der Waals surface area contributed by atoms with Gasteiger partial charge in [-0.05, 0) is 32.6 Å². The lowest BCUT2D eigenvalue weighted by molar-refractivity contribution is 0.0156. The standard InChI is InChI=1S/C13H20N2O2/c1-3-11-9(2)14-12(15-13(11)16)8-10-6-4-5-7-17-10/h10H,3-8H2,1-2H3,(H,14,15,16). The Kier molecular flexibility index (Phi) is 3.94. The Morgan fingerprint density at radius 2 is 2.29 bits per heavy atom. The maximum Gasteiger partial charge on any atom is 0.254 e. The predicted molar refractivity (Wildman–Crippen MR) is 66.3 cm³/mol. The number of hydrogen-bond donors (Lipinski definition) is 1. The van der Waals surface area contributed by atoms with E-state index in [0.29, 0.717) is 0 Å². The summed E-state index contributed by atoms with van der Waals surface area (Å²) in [5, 5.41) is 0. The number of nitrogens with zero attached hydrogens (tertiary/aromatic N) is 1. The molecule has 1 aliphatic rings. The average Bonchev–Trinajstić information content (AvgIpc) is 2.30. The molecule has 1 aliphatic heterocycles. The first-order valence-electron chi connectivity index (χ1n) is 6.41. The smallest absolute Gasteiger partial charge is 0.254 e. The fourth-order valence-corrected chi connectivity index (χ4v) is 2.37. The van der Waals surface area contributed by atoms with Gasteiger partial charge < -0.3 is 9.72 Å². The summed E-state index contributed by atoms with van der Waals surface area (Å²) in [7, 11) is 0. The minimum Gasteiger partial charge on any atom is -0.378 e. The molecule has 0 aromatic carbocycles. The molecular weight excluding hydrogens is 216 g/mol. The van der Waals surface area contributed by atoms with Crippen molar-refractivity contribution in [3.8, 4) is 0 Å². The van der Waals surface area contributed by atoms with Crippen molar-refractivity contribution in [1.29, 1.82) is 0 Å². The van der Waals surface area contributed by atoms with E-state index < -0.39 is 0 Å². The Morgan fingerprint density at radius 3 is 2.88 bits per heavy atom. The minimum atomic E-state index is 0.00538. The van der Waals surface area contributed by atoms with Crippen LogP contribution in [0.1, 0.15) is 43.3 Å². The molecule has 0 radical (unpaired) electrons. The summed E-state index contributed by atoms with van der Waals surface area (Å²) >= 11 is 0. The highest BCUT2D eigenvalue weighted by Gasteiger charge is 2.16. The third-order valence-electron chi connectivity index (χ3n) is 3.32. The van der Waals surface area contributed by atoms with Crippen LogP contribution in [0.3, 0.4) is 0 Å². The van der Waals surface area contributed by atoms with Gasteiger partial charge in [-0.1, -0.05) is 6.92 Å². The molecule has 4 heteroatoms. The lowest BCUT2D eigenvalue weighted by Crippen LogP contribution is -2.25. The Morgan fingerprint density at radius 1 is 1.47 bits per heavy atom. The molecule has 0 bridgehead atoms. The van der Waals surface area contributed by atoms with Crippen LogP contribution in [0, 0.1) is 6.92 Å². The Balaban J connectivity index is 2.13. The third-order valence-corrected chi connectivity index (χ3v) is 3.32. The minimum absolute atomic E-state index is 0.00538. The van der Waals surface area contributed by atoms with Gasteiger partial charge in [0.25, 0.3) is 5.56 Å². The van der Waals surface area contributed by atoms with Gasteiger partial charge in [0.1, 0.15) is 5.82 Å². The van der Waals surface area contributed by atoms with Crippen LogP contribution in [0.2, 0.25) is 0 Å². The van der Waals surface area contributed by atoms with Crippen LogP contribution in [0.4, 0.5) is 0 Å². The molecule has 94 valence electrons. The summed E-state index contributed by atoms with van der Waals surface area (Å²) < 4.78 is 5.66. The number of H-pyrrole nitrogens is 1. The van der Waals surface area contributed by atoms with Crippen molar-refractivity contribution in [2.45, 2.75) is 52.1 Å². The number of rotatable bonds is 3. The number of aryl methyl sites for hydroxylation is 1. The highest BCUT2D eigenvalue weighted by molar-refractivity contribution is 5.16. The molecular formula is C13H20N2O2. The van der Waals surface area contributed by atoms with Gasteiger partial charge in [-0.25, -0.2) is 4.98 Å². The van der Waals surface area contributed by atoms with E-state index in [1.54, 1.807) is 0 Å². The fourth-order valence-electron chi connectivity index (χ4n) is 2.37. The zero-order valence-electron chi connectivity index (χ0n) is 10.6. The summed E-state index contributed by atoms with van der Waals surface area (Å²) in [6.45, 7) is 4.71. The van der Waals surface area contributed by atoms with Crippen molar-refractivity contribution in [2.24, 2.45) is 0 Å². The van der Waals surface area contributed by atoms with Gasteiger partial charge in [0.2, 0.25) is 0 Å². The largest absolute Gasteiger partial charge is 0.378 e. The van der Waals surface area contributed by atoms with Gasteiger partial charge in [-0.3, -0.25) is 4.79 Å². The molecule has 1 unspecified atom stereocenters. The lowest BCUT2D eigenvalue weighted by atomic mass is 10.1. The van der Waals surface area contributed by atoms with Gasteiger partial charge in [-0.2, -0.15) is 0 Å². The molecule has 1 aromatic heterocycles. The summed E-state index contributed by atoms with van der Waals surface area (Å²) in [6, 6.07) is 0. The highest BCUT2D eigenvalue weighted by Crippen LogP contribution is 2.15. The first kappa shape index (κ1) is 12.3. The molecule has 0 aliphatic carbocycles. The lowest BCUT2D eigenvalue weighted by Gasteiger charge is -2.22. The molecule has 1 fully saturated rings. The topological polar surface area (TPSA) is 55.0 Å². The zero-order chi connectivity index (χ0) is 12.3. The highest BCUT2D eigenvalue weighted by atomic mass is 16.5. The van der Waals surface area contributed by atoms with Crippen LogP contribution < -0.4 is 5.56 Å². The first-order valence-corrected chi connectivity index (χ1v) is 6.41. The van der Waals surface area contributed by atoms with Gasteiger partial charge in [0.15, 0.2) is 0 Å². The van der Waals surface area contributed by atoms with E-state index in [2.05, 4.69) is 9.97 Å². The molecule has 4 nitrogen and oxygen atoms in total. The predicted octanol–water partition coefficient (Wildman–Crippen LogP) is 1.75.